The molecule has 3 rings (SSSR count). The average molecular weight is 324 g/mol. The van der Waals surface area contributed by atoms with Crippen LogP contribution in [0.1, 0.15) is 0 Å². The van der Waals surface area contributed by atoms with Crippen molar-refractivity contribution in [1.29, 1.82) is 0 Å². The van der Waals surface area contributed by atoms with Crippen LogP contribution in [0, 0.1) is 9.64 Å². The Morgan fingerprint density at radius 3 is 2.93 bits per heavy atom. The molecule has 0 unspecified atom stereocenters. The van der Waals surface area contributed by atoms with Crippen molar-refractivity contribution in [3.05, 3.63) is 46.0 Å². The predicted molar refractivity (Wildman–Crippen MR) is 71.8 cm³/mol. The molecule has 1 aliphatic heterocycles. The van der Waals surface area contributed by atoms with E-state index in [4.69, 9.17) is 0 Å². The van der Waals surface area contributed by atoms with E-state index in [1.54, 1.807) is 11.8 Å². The lowest BCUT2D eigenvalue weighted by Gasteiger charge is -2.20. The molecule has 0 fully saturated rings. The summed E-state index contributed by atoms with van der Waals surface area (Å²) in [5, 5.41) is 3.42. The van der Waals surface area contributed by atoms with Crippen LogP contribution < -0.4 is 5.32 Å². The van der Waals surface area contributed by atoms with Gasteiger partial charge in [-0.05, 0) is 59.0 Å². The largest absolute Gasteiger partial charge is 0.354 e. The van der Waals surface area contributed by atoms with E-state index in [9.17, 15) is 0 Å². The number of rotatable bonds is 0. The third-order valence-electron chi connectivity index (χ3n) is 2.25. The molecule has 1 nitrogen and oxygen atoms in total. The number of hydrogen-bond donors (Lipinski definition) is 1. The molecule has 1 radical (unpaired) electrons. The van der Waals surface area contributed by atoms with Crippen LogP contribution in [-0.2, 0) is 0 Å². The van der Waals surface area contributed by atoms with Gasteiger partial charge in [-0.3, -0.25) is 0 Å². The van der Waals surface area contributed by atoms with Crippen LogP contribution in [0.3, 0.4) is 0 Å². The maximum atomic E-state index is 3.42. The third-order valence-corrected chi connectivity index (χ3v) is 4.08. The number of hydrogen-bond acceptors (Lipinski definition) is 2. The van der Waals surface area contributed by atoms with E-state index >= 15 is 0 Å². The maximum Gasteiger partial charge on any atom is 0.0536 e. The molecule has 0 saturated heterocycles. The van der Waals surface area contributed by atoms with Crippen molar-refractivity contribution < 1.29 is 0 Å². The van der Waals surface area contributed by atoms with Gasteiger partial charge in [0, 0.05) is 13.4 Å². The maximum absolute atomic E-state index is 3.42. The van der Waals surface area contributed by atoms with Crippen LogP contribution in [0.5, 0.6) is 0 Å². The van der Waals surface area contributed by atoms with Gasteiger partial charge < -0.3 is 5.32 Å². The van der Waals surface area contributed by atoms with Crippen LogP contribution in [0.4, 0.5) is 11.4 Å². The van der Waals surface area contributed by atoms with Crippen molar-refractivity contribution in [3.8, 4) is 0 Å². The highest BCUT2D eigenvalue weighted by Crippen LogP contribution is 2.43. The van der Waals surface area contributed by atoms with E-state index in [-0.39, 0.29) is 0 Å². The lowest BCUT2D eigenvalue weighted by molar-refractivity contribution is 1.31. The van der Waals surface area contributed by atoms with Crippen LogP contribution in [0.2, 0.25) is 0 Å². The van der Waals surface area contributed by atoms with Crippen molar-refractivity contribution in [2.45, 2.75) is 9.79 Å². The highest BCUT2D eigenvalue weighted by molar-refractivity contribution is 14.1. The summed E-state index contributed by atoms with van der Waals surface area (Å²) >= 11 is 4.13. The molecule has 1 heterocycles. The minimum Gasteiger partial charge on any atom is -0.354 e. The molecule has 3 heteroatoms. The predicted octanol–water partition coefficient (Wildman–Crippen LogP) is 4.30. The topological polar surface area (TPSA) is 12.0 Å². The van der Waals surface area contributed by atoms with Gasteiger partial charge in [0.15, 0.2) is 0 Å². The molecule has 0 aliphatic carbocycles. The SMILES string of the molecule is Ic1ccc2c(c1)Nc1c[c]ccc1S2. The van der Waals surface area contributed by atoms with Gasteiger partial charge in [-0.1, -0.05) is 17.8 Å². The van der Waals surface area contributed by atoms with Crippen molar-refractivity contribution in [1.82, 2.24) is 0 Å². The van der Waals surface area contributed by atoms with Crippen molar-refractivity contribution in [2.75, 3.05) is 5.32 Å². The van der Waals surface area contributed by atoms with E-state index < -0.39 is 0 Å². The zero-order valence-electron chi connectivity index (χ0n) is 7.75. The Kier molecular flexibility index (Phi) is 2.36. The van der Waals surface area contributed by atoms with Crippen molar-refractivity contribution in [2.24, 2.45) is 0 Å². The lowest BCUT2D eigenvalue weighted by atomic mass is 10.2. The normalized spacial score (nSPS) is 12.6. The summed E-state index contributed by atoms with van der Waals surface area (Å²) in [4.78, 5) is 2.55. The average Bonchev–Trinajstić information content (AvgIpc) is 2.26. The Labute approximate surface area is 106 Å². The zero-order valence-corrected chi connectivity index (χ0v) is 10.7. The lowest BCUT2D eigenvalue weighted by Crippen LogP contribution is -1.99. The molecule has 0 spiro atoms. The fourth-order valence-corrected chi connectivity index (χ4v) is 3.00. The summed E-state index contributed by atoms with van der Waals surface area (Å²) < 4.78 is 1.25. The van der Waals surface area contributed by atoms with Crippen LogP contribution in [-0.4, -0.2) is 0 Å². The fraction of sp³-hybridized carbons (Fsp3) is 0. The minimum absolute atomic E-state index is 1.15. The molecule has 2 aromatic carbocycles. The zero-order chi connectivity index (χ0) is 10.3. The second-order valence-corrected chi connectivity index (χ2v) is 5.62. The summed E-state index contributed by atoms with van der Waals surface area (Å²) in [6.45, 7) is 0. The number of nitrogens with one attached hydrogen (secondary N) is 1. The van der Waals surface area contributed by atoms with E-state index in [0.717, 1.165) is 5.69 Å². The van der Waals surface area contributed by atoms with Gasteiger partial charge in [0.25, 0.3) is 0 Å². The molecule has 0 atom stereocenters. The highest BCUT2D eigenvalue weighted by atomic mass is 127. The van der Waals surface area contributed by atoms with Crippen LogP contribution in [0.15, 0.2) is 46.2 Å². The Balaban J connectivity index is 2.11. The van der Waals surface area contributed by atoms with Gasteiger partial charge in [-0.25, -0.2) is 0 Å². The quantitative estimate of drug-likeness (QED) is 0.619. The first kappa shape index (κ1) is 9.54. The molecule has 1 N–H and O–H groups in total. The van der Waals surface area contributed by atoms with Gasteiger partial charge in [0.2, 0.25) is 0 Å². The number of halogens is 1. The minimum atomic E-state index is 1.15. The monoisotopic (exact) mass is 324 g/mol. The van der Waals surface area contributed by atoms with Crippen molar-refractivity contribution >= 4 is 45.7 Å². The molecule has 0 amide bonds. The summed E-state index contributed by atoms with van der Waals surface area (Å²) in [5.74, 6) is 0. The Bertz CT molecular complexity index is 525. The van der Waals surface area contributed by atoms with Gasteiger partial charge in [-0.2, -0.15) is 0 Å². The molecule has 0 bridgehead atoms. The summed E-state index contributed by atoms with van der Waals surface area (Å²) in [6.07, 6.45) is 0. The second kappa shape index (κ2) is 3.72. The molecule has 15 heavy (non-hydrogen) atoms. The van der Waals surface area contributed by atoms with Gasteiger partial charge in [0.05, 0.1) is 11.4 Å². The Hall–Kier alpha value is -0.680. The Morgan fingerprint density at radius 2 is 2.00 bits per heavy atom. The summed E-state index contributed by atoms with van der Waals surface area (Å²) in [5.41, 5.74) is 2.34. The van der Waals surface area contributed by atoms with Crippen molar-refractivity contribution in [3.63, 3.8) is 0 Å². The van der Waals surface area contributed by atoms with Crippen LogP contribution >= 0.6 is 34.4 Å². The van der Waals surface area contributed by atoms with E-state index in [1.165, 1.54) is 19.0 Å². The standard InChI is InChI=1S/C12H7INS/c13-8-5-6-12-10(7-8)14-9-3-1-2-4-11(9)15-12/h2-7,14H. The Morgan fingerprint density at radius 1 is 1.13 bits per heavy atom. The van der Waals surface area contributed by atoms with Gasteiger partial charge in [0.1, 0.15) is 0 Å². The molecule has 2 aromatic rings. The fourth-order valence-electron chi connectivity index (χ4n) is 1.56. The van der Waals surface area contributed by atoms with E-state index in [1.807, 2.05) is 12.1 Å². The smallest absolute Gasteiger partial charge is 0.0536 e. The number of anilines is 2. The van der Waals surface area contributed by atoms with E-state index in [0.29, 0.717) is 0 Å². The third kappa shape index (κ3) is 1.74. The first-order valence-corrected chi connectivity index (χ1v) is 6.47. The first-order chi connectivity index (χ1) is 7.33. The molecule has 73 valence electrons. The first-order valence-electron chi connectivity index (χ1n) is 4.57. The molecular formula is C12H7INS. The van der Waals surface area contributed by atoms with Gasteiger partial charge in [-0.15, -0.1) is 0 Å². The van der Waals surface area contributed by atoms with E-state index in [2.05, 4.69) is 58.2 Å². The molecule has 0 aromatic heterocycles. The summed E-state index contributed by atoms with van der Waals surface area (Å²) in [7, 11) is 0. The number of fused-ring (bicyclic) bond motifs is 2. The van der Waals surface area contributed by atoms with Gasteiger partial charge >= 0.3 is 0 Å². The highest BCUT2D eigenvalue weighted by Gasteiger charge is 2.14. The molecule has 1 aliphatic rings. The molecule has 0 saturated carbocycles. The molecular weight excluding hydrogens is 317 g/mol. The summed E-state index contributed by atoms with van der Waals surface area (Å²) in [6, 6.07) is 15.6. The van der Waals surface area contributed by atoms with Crippen LogP contribution in [0.25, 0.3) is 0 Å². The second-order valence-electron chi connectivity index (χ2n) is 3.29. The number of benzene rings is 2.